The number of nitrogens with one attached hydrogen (secondary N) is 1. The molecule has 2 aromatic rings. The lowest BCUT2D eigenvalue weighted by Crippen LogP contribution is -2.42. The van der Waals surface area contributed by atoms with Crippen molar-refractivity contribution in [2.75, 3.05) is 5.75 Å². The zero-order chi connectivity index (χ0) is 20.6. The van der Waals surface area contributed by atoms with E-state index in [4.69, 9.17) is 0 Å². The molecule has 1 N–H and O–H groups in total. The van der Waals surface area contributed by atoms with Gasteiger partial charge in [0, 0.05) is 43.3 Å². The lowest BCUT2D eigenvalue weighted by Gasteiger charge is -2.28. The van der Waals surface area contributed by atoms with Crippen molar-refractivity contribution in [1.82, 2.24) is 14.9 Å². The molecular formula is C21H25N3O4S. The Morgan fingerprint density at radius 3 is 2.55 bits per heavy atom. The van der Waals surface area contributed by atoms with Gasteiger partial charge in [-0.25, -0.2) is 13.4 Å². The Morgan fingerprint density at radius 2 is 1.86 bits per heavy atom. The van der Waals surface area contributed by atoms with Crippen LogP contribution < -0.4 is 5.56 Å². The standard InChI is InChI=1S/C21H25N3O4S/c1-2-19-22-18-13-15-9-8-14(12-17(18)21(26)23-19)24(15)20(25)10-11-29(27,28)16-6-4-3-5-7-16/h3-7,14-15H,2,8-13H2,1H3,(H,22,23,26)/t14-,15+/m1/s1. The van der Waals surface area contributed by atoms with Gasteiger partial charge >= 0.3 is 0 Å². The van der Waals surface area contributed by atoms with Crippen LogP contribution in [0.4, 0.5) is 0 Å². The number of hydrogen-bond donors (Lipinski definition) is 1. The van der Waals surface area contributed by atoms with Crippen LogP contribution in [0.2, 0.25) is 0 Å². The molecule has 0 radical (unpaired) electrons. The van der Waals surface area contributed by atoms with Gasteiger partial charge in [0.2, 0.25) is 5.91 Å². The first-order valence-electron chi connectivity index (χ1n) is 10.1. The second kappa shape index (κ2) is 7.74. The van der Waals surface area contributed by atoms with E-state index in [2.05, 4.69) is 9.97 Å². The third-order valence-corrected chi connectivity index (χ3v) is 7.68. The van der Waals surface area contributed by atoms with Crippen LogP contribution in [0, 0.1) is 0 Å². The second-order valence-electron chi connectivity index (χ2n) is 7.77. The summed E-state index contributed by atoms with van der Waals surface area (Å²) >= 11 is 0. The highest BCUT2D eigenvalue weighted by Gasteiger charge is 2.41. The van der Waals surface area contributed by atoms with Crippen molar-refractivity contribution in [3.8, 4) is 0 Å². The van der Waals surface area contributed by atoms with E-state index >= 15 is 0 Å². The minimum atomic E-state index is -3.50. The highest BCUT2D eigenvalue weighted by molar-refractivity contribution is 7.91. The molecule has 4 rings (SSSR count). The van der Waals surface area contributed by atoms with E-state index in [0.717, 1.165) is 18.5 Å². The van der Waals surface area contributed by atoms with Crippen LogP contribution in [0.25, 0.3) is 0 Å². The van der Waals surface area contributed by atoms with Gasteiger partial charge in [-0.05, 0) is 25.0 Å². The summed E-state index contributed by atoms with van der Waals surface area (Å²) in [4.78, 5) is 35.0. The average Bonchev–Trinajstić information content (AvgIpc) is 3.02. The number of aryl methyl sites for hydroxylation is 1. The number of hydrogen-bond acceptors (Lipinski definition) is 5. The molecule has 0 saturated carbocycles. The number of nitrogens with zero attached hydrogens (tertiary/aromatic N) is 2. The van der Waals surface area contributed by atoms with Gasteiger partial charge < -0.3 is 9.88 Å². The number of rotatable bonds is 5. The van der Waals surface area contributed by atoms with Crippen molar-refractivity contribution >= 4 is 15.7 Å². The van der Waals surface area contributed by atoms with Crippen LogP contribution in [0.1, 0.15) is 43.3 Å². The Hall–Kier alpha value is -2.48. The molecule has 0 spiro atoms. The van der Waals surface area contributed by atoms with Crippen LogP contribution >= 0.6 is 0 Å². The van der Waals surface area contributed by atoms with Crippen molar-refractivity contribution in [3.63, 3.8) is 0 Å². The maximum Gasteiger partial charge on any atom is 0.254 e. The number of benzene rings is 1. The maximum atomic E-state index is 13.0. The summed E-state index contributed by atoms with van der Waals surface area (Å²) in [6, 6.07) is 8.13. The second-order valence-corrected chi connectivity index (χ2v) is 9.88. The Kier molecular flexibility index (Phi) is 5.29. The van der Waals surface area contributed by atoms with Gasteiger partial charge in [0.15, 0.2) is 9.84 Å². The summed E-state index contributed by atoms with van der Waals surface area (Å²) in [7, 11) is -3.50. The van der Waals surface area contributed by atoms with Gasteiger partial charge in [0.05, 0.1) is 16.3 Å². The predicted molar refractivity (Wildman–Crippen MR) is 108 cm³/mol. The van der Waals surface area contributed by atoms with Gasteiger partial charge in [0.25, 0.3) is 5.56 Å². The van der Waals surface area contributed by atoms with Crippen molar-refractivity contribution in [3.05, 3.63) is 57.8 Å². The fourth-order valence-electron chi connectivity index (χ4n) is 4.47. The molecule has 7 nitrogen and oxygen atoms in total. The SMILES string of the molecule is CCc1nc2c(c(=O)[nH]1)C[C@H]1CC[C@@H](C2)N1C(=O)CCS(=O)(=O)c1ccccc1. The monoisotopic (exact) mass is 415 g/mol. The van der Waals surface area contributed by atoms with E-state index in [1.165, 1.54) is 0 Å². The molecule has 1 amide bonds. The number of fused-ring (bicyclic) bond motifs is 3. The third-order valence-electron chi connectivity index (χ3n) is 5.95. The van der Waals surface area contributed by atoms with Gasteiger partial charge in [-0.3, -0.25) is 9.59 Å². The van der Waals surface area contributed by atoms with Crippen molar-refractivity contribution in [2.45, 2.75) is 62.4 Å². The van der Waals surface area contributed by atoms with Crippen molar-refractivity contribution in [1.29, 1.82) is 0 Å². The molecule has 154 valence electrons. The average molecular weight is 416 g/mol. The summed E-state index contributed by atoms with van der Waals surface area (Å²) in [5, 5.41) is 0. The Bertz CT molecular complexity index is 1080. The first-order valence-corrected chi connectivity index (χ1v) is 11.7. The summed E-state index contributed by atoms with van der Waals surface area (Å²) in [6.07, 6.45) is 3.32. The quantitative estimate of drug-likeness (QED) is 0.800. The van der Waals surface area contributed by atoms with E-state index in [1.807, 2.05) is 11.8 Å². The summed E-state index contributed by atoms with van der Waals surface area (Å²) < 4.78 is 25.1. The van der Waals surface area contributed by atoms with Gasteiger partial charge in [-0.2, -0.15) is 0 Å². The Morgan fingerprint density at radius 1 is 1.17 bits per heavy atom. The molecule has 2 aliphatic rings. The first kappa shape index (κ1) is 19.8. The predicted octanol–water partition coefficient (Wildman–Crippen LogP) is 1.65. The fraction of sp³-hybridized carbons (Fsp3) is 0.476. The van der Waals surface area contributed by atoms with Crippen LogP contribution in [0.5, 0.6) is 0 Å². The summed E-state index contributed by atoms with van der Waals surface area (Å²) in [5.74, 6) is 0.299. The molecule has 8 heteroatoms. The van der Waals surface area contributed by atoms with Crippen molar-refractivity contribution < 1.29 is 13.2 Å². The molecule has 2 bridgehead atoms. The van der Waals surface area contributed by atoms with E-state index in [-0.39, 0.29) is 40.6 Å². The molecule has 29 heavy (non-hydrogen) atoms. The molecule has 2 aliphatic heterocycles. The molecule has 2 atom stereocenters. The topological polar surface area (TPSA) is 100 Å². The van der Waals surface area contributed by atoms with E-state index in [9.17, 15) is 18.0 Å². The number of carbonyl (C=O) groups is 1. The van der Waals surface area contributed by atoms with Gasteiger partial charge in [-0.1, -0.05) is 25.1 Å². The number of H-pyrrole nitrogens is 1. The first-order chi connectivity index (χ1) is 13.9. The number of carbonyl (C=O) groups excluding carboxylic acids is 1. The molecule has 1 saturated heterocycles. The largest absolute Gasteiger partial charge is 0.336 e. The summed E-state index contributed by atoms with van der Waals surface area (Å²) in [6.45, 7) is 1.94. The van der Waals surface area contributed by atoms with Crippen LogP contribution in [-0.4, -0.2) is 47.0 Å². The van der Waals surface area contributed by atoms with Gasteiger partial charge in [0.1, 0.15) is 5.82 Å². The van der Waals surface area contributed by atoms with Crippen LogP contribution in [0.15, 0.2) is 40.0 Å². The lowest BCUT2D eigenvalue weighted by atomic mass is 9.98. The zero-order valence-corrected chi connectivity index (χ0v) is 17.2. The summed E-state index contributed by atoms with van der Waals surface area (Å²) in [5.41, 5.74) is 1.34. The van der Waals surface area contributed by atoms with E-state index in [0.29, 0.717) is 30.7 Å². The van der Waals surface area contributed by atoms with Crippen LogP contribution in [-0.2, 0) is 33.9 Å². The highest BCUT2D eigenvalue weighted by Crippen LogP contribution is 2.33. The number of aromatic amines is 1. The Labute approximate surface area is 170 Å². The minimum Gasteiger partial charge on any atom is -0.336 e. The smallest absolute Gasteiger partial charge is 0.254 e. The number of sulfone groups is 1. The molecule has 1 fully saturated rings. The molecule has 1 aromatic carbocycles. The zero-order valence-electron chi connectivity index (χ0n) is 16.4. The maximum absolute atomic E-state index is 13.0. The minimum absolute atomic E-state index is 0.0211. The van der Waals surface area contributed by atoms with Crippen molar-refractivity contribution in [2.24, 2.45) is 0 Å². The molecule has 0 aliphatic carbocycles. The lowest BCUT2D eigenvalue weighted by molar-refractivity contribution is -0.133. The highest BCUT2D eigenvalue weighted by atomic mass is 32.2. The normalized spacial score (nSPS) is 20.9. The Balaban J connectivity index is 1.52. The molecular weight excluding hydrogens is 390 g/mol. The molecule has 3 heterocycles. The fourth-order valence-corrected chi connectivity index (χ4v) is 5.72. The molecule has 1 aromatic heterocycles. The van der Waals surface area contributed by atoms with Crippen LogP contribution in [0.3, 0.4) is 0 Å². The number of aromatic nitrogens is 2. The van der Waals surface area contributed by atoms with E-state index < -0.39 is 9.84 Å². The third kappa shape index (κ3) is 3.85. The number of amides is 1. The van der Waals surface area contributed by atoms with Gasteiger partial charge in [-0.15, -0.1) is 0 Å². The van der Waals surface area contributed by atoms with E-state index in [1.54, 1.807) is 30.3 Å². The molecule has 0 unspecified atom stereocenters.